The molecule has 1 aromatic rings. The van der Waals surface area contributed by atoms with Gasteiger partial charge >= 0.3 is 0 Å². The van der Waals surface area contributed by atoms with Gasteiger partial charge in [-0.3, -0.25) is 4.79 Å². The summed E-state index contributed by atoms with van der Waals surface area (Å²) in [5.41, 5.74) is 0.603. The van der Waals surface area contributed by atoms with Crippen molar-refractivity contribution in [1.29, 1.82) is 0 Å². The molecule has 0 unspecified atom stereocenters. The quantitative estimate of drug-likeness (QED) is 0.840. The molecule has 0 saturated carbocycles. The number of amides is 1. The smallest absolute Gasteiger partial charge is 0.228 e. The van der Waals surface area contributed by atoms with Crippen molar-refractivity contribution in [2.75, 3.05) is 31.9 Å². The fraction of sp³-hybridized carbons (Fsp3) is 0.588. The minimum atomic E-state index is -3.27. The van der Waals surface area contributed by atoms with Crippen LogP contribution in [0.1, 0.15) is 26.3 Å². The lowest BCUT2D eigenvalue weighted by molar-refractivity contribution is -0.140. The van der Waals surface area contributed by atoms with Crippen molar-refractivity contribution in [2.45, 2.75) is 27.2 Å². The summed E-state index contributed by atoms with van der Waals surface area (Å²) in [4.78, 5) is 14.0. The molecule has 0 radical (unpaired) electrons. The van der Waals surface area contributed by atoms with Gasteiger partial charge in [0.15, 0.2) is 0 Å². The van der Waals surface area contributed by atoms with Crippen LogP contribution in [0.2, 0.25) is 0 Å². The number of hydrogen-bond donors (Lipinski definition) is 0. The fourth-order valence-electron chi connectivity index (χ4n) is 2.66. The predicted molar refractivity (Wildman–Crippen MR) is 91.5 cm³/mol. The van der Waals surface area contributed by atoms with Crippen LogP contribution in [0.15, 0.2) is 30.3 Å². The van der Waals surface area contributed by atoms with Crippen LogP contribution in [-0.4, -0.2) is 55.5 Å². The van der Waals surface area contributed by atoms with Gasteiger partial charge in [0.25, 0.3) is 0 Å². The van der Waals surface area contributed by atoms with Crippen LogP contribution in [0.25, 0.3) is 0 Å². The molecule has 1 aliphatic heterocycles. The molecule has 0 aromatic heterocycles. The SMILES string of the molecule is CC(C)(C)C(=O)N1CCN(S(=O)(=O)CCc2ccccc2)CC1. The molecule has 1 saturated heterocycles. The first-order valence-corrected chi connectivity index (χ1v) is 9.62. The normalized spacial score (nSPS) is 17.3. The molecule has 1 amide bonds. The van der Waals surface area contributed by atoms with E-state index in [1.165, 1.54) is 4.31 Å². The largest absolute Gasteiger partial charge is 0.340 e. The van der Waals surface area contributed by atoms with Gasteiger partial charge in [0.05, 0.1) is 5.75 Å². The molecule has 1 aliphatic rings. The van der Waals surface area contributed by atoms with E-state index >= 15 is 0 Å². The zero-order valence-electron chi connectivity index (χ0n) is 14.2. The van der Waals surface area contributed by atoms with Crippen LogP contribution < -0.4 is 0 Å². The topological polar surface area (TPSA) is 57.7 Å². The summed E-state index contributed by atoms with van der Waals surface area (Å²) in [6.45, 7) is 7.38. The molecule has 1 fully saturated rings. The Morgan fingerprint density at radius 2 is 1.61 bits per heavy atom. The lowest BCUT2D eigenvalue weighted by Gasteiger charge is -2.37. The van der Waals surface area contributed by atoms with Crippen molar-refractivity contribution in [3.8, 4) is 0 Å². The van der Waals surface area contributed by atoms with E-state index in [0.29, 0.717) is 32.6 Å². The number of piperazine rings is 1. The summed E-state index contributed by atoms with van der Waals surface area (Å²) < 4.78 is 26.4. The van der Waals surface area contributed by atoms with E-state index in [0.717, 1.165) is 5.56 Å². The van der Waals surface area contributed by atoms with Crippen LogP contribution in [0.3, 0.4) is 0 Å². The molecule has 1 heterocycles. The van der Waals surface area contributed by atoms with Gasteiger partial charge in [-0.05, 0) is 12.0 Å². The van der Waals surface area contributed by atoms with Gasteiger partial charge in [-0.25, -0.2) is 8.42 Å². The molecule has 0 aliphatic carbocycles. The van der Waals surface area contributed by atoms with Crippen molar-refractivity contribution >= 4 is 15.9 Å². The van der Waals surface area contributed by atoms with E-state index in [4.69, 9.17) is 0 Å². The number of carbonyl (C=O) groups is 1. The third-order valence-electron chi connectivity index (χ3n) is 4.05. The van der Waals surface area contributed by atoms with Gasteiger partial charge < -0.3 is 4.90 Å². The average Bonchev–Trinajstić information content (AvgIpc) is 2.52. The molecule has 0 N–H and O–H groups in total. The highest BCUT2D eigenvalue weighted by Crippen LogP contribution is 2.19. The minimum Gasteiger partial charge on any atom is -0.340 e. The van der Waals surface area contributed by atoms with Crippen LogP contribution in [-0.2, 0) is 21.2 Å². The maximum absolute atomic E-state index is 12.5. The van der Waals surface area contributed by atoms with Gasteiger partial charge in [-0.1, -0.05) is 51.1 Å². The molecule has 0 bridgehead atoms. The molecule has 128 valence electrons. The number of nitrogens with zero attached hydrogens (tertiary/aromatic N) is 2. The molecule has 23 heavy (non-hydrogen) atoms. The van der Waals surface area contributed by atoms with E-state index in [1.54, 1.807) is 4.90 Å². The number of carbonyl (C=O) groups excluding carboxylic acids is 1. The summed E-state index contributed by atoms with van der Waals surface area (Å²) in [6.07, 6.45) is 0.518. The van der Waals surface area contributed by atoms with Gasteiger partial charge in [-0.15, -0.1) is 0 Å². The third kappa shape index (κ3) is 4.78. The van der Waals surface area contributed by atoms with E-state index in [-0.39, 0.29) is 11.7 Å². The Morgan fingerprint density at radius 1 is 1.04 bits per heavy atom. The second kappa shape index (κ2) is 7.01. The van der Waals surface area contributed by atoms with Crippen LogP contribution >= 0.6 is 0 Å². The van der Waals surface area contributed by atoms with Crippen molar-refractivity contribution in [2.24, 2.45) is 5.41 Å². The molecule has 5 nitrogen and oxygen atoms in total. The molecule has 0 spiro atoms. The molecular formula is C17H26N2O3S. The molecule has 1 aromatic carbocycles. The van der Waals surface area contributed by atoms with Crippen LogP contribution in [0.5, 0.6) is 0 Å². The van der Waals surface area contributed by atoms with Gasteiger partial charge in [0, 0.05) is 31.6 Å². The second-order valence-electron chi connectivity index (χ2n) is 6.99. The standard InChI is InChI=1S/C17H26N2O3S/c1-17(2,3)16(20)18-10-12-19(13-11-18)23(21,22)14-9-15-7-5-4-6-8-15/h4-8H,9-14H2,1-3H3. The number of sulfonamides is 1. The van der Waals surface area contributed by atoms with E-state index < -0.39 is 15.4 Å². The zero-order valence-corrected chi connectivity index (χ0v) is 15.0. The molecule has 2 rings (SSSR count). The maximum atomic E-state index is 12.5. The van der Waals surface area contributed by atoms with Crippen molar-refractivity contribution < 1.29 is 13.2 Å². The Bertz CT molecular complexity index is 628. The molecular weight excluding hydrogens is 312 g/mol. The number of aryl methyl sites for hydroxylation is 1. The van der Waals surface area contributed by atoms with Gasteiger partial charge in [0.2, 0.25) is 15.9 Å². The maximum Gasteiger partial charge on any atom is 0.228 e. The Hall–Kier alpha value is -1.40. The van der Waals surface area contributed by atoms with E-state index in [1.807, 2.05) is 51.1 Å². The van der Waals surface area contributed by atoms with Gasteiger partial charge in [0.1, 0.15) is 0 Å². The zero-order chi connectivity index (χ0) is 17.1. The van der Waals surface area contributed by atoms with Crippen molar-refractivity contribution in [3.63, 3.8) is 0 Å². The lowest BCUT2D eigenvalue weighted by Crippen LogP contribution is -2.53. The average molecular weight is 338 g/mol. The summed E-state index contributed by atoms with van der Waals surface area (Å²) in [7, 11) is -3.27. The first-order chi connectivity index (χ1) is 10.7. The first-order valence-electron chi connectivity index (χ1n) is 8.01. The second-order valence-corrected chi connectivity index (χ2v) is 9.08. The number of rotatable bonds is 4. The summed E-state index contributed by atoms with van der Waals surface area (Å²) in [5.74, 6) is 0.198. The highest BCUT2D eigenvalue weighted by molar-refractivity contribution is 7.89. The Morgan fingerprint density at radius 3 is 2.13 bits per heavy atom. The van der Waals surface area contributed by atoms with Gasteiger partial charge in [-0.2, -0.15) is 4.31 Å². The third-order valence-corrected chi connectivity index (χ3v) is 5.92. The summed E-state index contributed by atoms with van der Waals surface area (Å²) in [6, 6.07) is 9.63. The Labute approximate surface area is 139 Å². The monoisotopic (exact) mass is 338 g/mol. The lowest BCUT2D eigenvalue weighted by atomic mass is 9.94. The number of hydrogen-bond acceptors (Lipinski definition) is 3. The predicted octanol–water partition coefficient (Wildman–Crippen LogP) is 1.75. The summed E-state index contributed by atoms with van der Waals surface area (Å²) in [5, 5.41) is 0. The minimum absolute atomic E-state index is 0.0823. The molecule has 0 atom stereocenters. The van der Waals surface area contributed by atoms with E-state index in [9.17, 15) is 13.2 Å². The highest BCUT2D eigenvalue weighted by atomic mass is 32.2. The Balaban J connectivity index is 1.90. The molecule has 6 heteroatoms. The first kappa shape index (κ1) is 17.9. The van der Waals surface area contributed by atoms with Crippen LogP contribution in [0.4, 0.5) is 0 Å². The van der Waals surface area contributed by atoms with E-state index in [2.05, 4.69) is 0 Å². The Kier molecular flexibility index (Phi) is 5.47. The van der Waals surface area contributed by atoms with Crippen molar-refractivity contribution in [3.05, 3.63) is 35.9 Å². The highest BCUT2D eigenvalue weighted by Gasteiger charge is 2.32. The summed E-state index contributed by atoms with van der Waals surface area (Å²) >= 11 is 0. The fourth-order valence-corrected chi connectivity index (χ4v) is 4.14. The van der Waals surface area contributed by atoms with Crippen molar-refractivity contribution in [1.82, 2.24) is 9.21 Å². The number of benzene rings is 1. The van der Waals surface area contributed by atoms with Crippen LogP contribution in [0, 0.1) is 5.41 Å².